The Kier molecular flexibility index (Phi) is 4.46. The molecule has 5 heteroatoms. The molecule has 1 aliphatic heterocycles. The molecule has 0 saturated carbocycles. The molecule has 0 bridgehead atoms. The van der Waals surface area contributed by atoms with Crippen molar-refractivity contribution in [1.82, 2.24) is 0 Å². The van der Waals surface area contributed by atoms with Gasteiger partial charge < -0.3 is 15.0 Å². The van der Waals surface area contributed by atoms with Gasteiger partial charge in [0.2, 0.25) is 0 Å². The summed E-state index contributed by atoms with van der Waals surface area (Å²) in [7, 11) is 2.05. The molecular formula is C18H19FN2O2. The lowest BCUT2D eigenvalue weighted by molar-refractivity contribution is -0.118. The minimum atomic E-state index is -0.476. The van der Waals surface area contributed by atoms with E-state index >= 15 is 0 Å². The molecule has 1 amide bonds. The Hall–Kier alpha value is -2.56. The highest BCUT2D eigenvalue weighted by atomic mass is 19.1. The van der Waals surface area contributed by atoms with Crippen LogP contribution in [-0.2, 0) is 11.2 Å². The highest BCUT2D eigenvalue weighted by Crippen LogP contribution is 2.28. The van der Waals surface area contributed by atoms with Crippen molar-refractivity contribution in [3.63, 3.8) is 0 Å². The third-order valence-corrected chi connectivity index (χ3v) is 3.92. The van der Waals surface area contributed by atoms with E-state index in [2.05, 4.69) is 10.2 Å². The van der Waals surface area contributed by atoms with Crippen LogP contribution >= 0.6 is 0 Å². The first-order chi connectivity index (χ1) is 11.1. The van der Waals surface area contributed by atoms with Gasteiger partial charge in [-0.25, -0.2) is 4.39 Å². The van der Waals surface area contributed by atoms with E-state index < -0.39 is 5.82 Å². The minimum Gasteiger partial charge on any atom is -0.481 e. The summed E-state index contributed by atoms with van der Waals surface area (Å²) < 4.78 is 18.6. The van der Waals surface area contributed by atoms with Gasteiger partial charge in [-0.05, 0) is 42.7 Å². The van der Waals surface area contributed by atoms with Crippen molar-refractivity contribution in [2.45, 2.75) is 12.8 Å². The molecule has 120 valence electrons. The molecule has 3 rings (SSSR count). The summed E-state index contributed by atoms with van der Waals surface area (Å²) in [4.78, 5) is 14.2. The number of rotatable bonds is 4. The molecule has 2 aromatic carbocycles. The molecule has 0 aliphatic carbocycles. The van der Waals surface area contributed by atoms with E-state index in [4.69, 9.17) is 4.74 Å². The van der Waals surface area contributed by atoms with Crippen LogP contribution in [0.2, 0.25) is 0 Å². The predicted octanol–water partition coefficient (Wildman–Crippen LogP) is 3.23. The lowest BCUT2D eigenvalue weighted by Gasteiger charge is -2.28. The van der Waals surface area contributed by atoms with Gasteiger partial charge in [-0.3, -0.25) is 4.79 Å². The van der Waals surface area contributed by atoms with Crippen LogP contribution in [0.4, 0.5) is 15.8 Å². The maximum atomic E-state index is 13.4. The first kappa shape index (κ1) is 15.3. The Bertz CT molecular complexity index is 718. The number of amides is 1. The third kappa shape index (κ3) is 3.62. The average Bonchev–Trinajstić information content (AvgIpc) is 2.55. The van der Waals surface area contributed by atoms with E-state index in [0.717, 1.165) is 30.8 Å². The molecule has 2 aromatic rings. The Morgan fingerprint density at radius 1 is 1.30 bits per heavy atom. The fraction of sp³-hybridized carbons (Fsp3) is 0.278. The van der Waals surface area contributed by atoms with Crippen LogP contribution in [0, 0.1) is 5.82 Å². The van der Waals surface area contributed by atoms with Gasteiger partial charge in [-0.15, -0.1) is 0 Å². The molecule has 0 fully saturated rings. The number of aryl methyl sites for hydroxylation is 1. The van der Waals surface area contributed by atoms with Crippen LogP contribution in [0.1, 0.15) is 12.0 Å². The lowest BCUT2D eigenvalue weighted by Crippen LogP contribution is -2.25. The van der Waals surface area contributed by atoms with Gasteiger partial charge in [0, 0.05) is 25.0 Å². The number of halogens is 1. The predicted molar refractivity (Wildman–Crippen MR) is 88.6 cm³/mol. The van der Waals surface area contributed by atoms with Gasteiger partial charge in [0.15, 0.2) is 18.2 Å². The van der Waals surface area contributed by atoms with Crippen LogP contribution in [-0.4, -0.2) is 26.1 Å². The van der Waals surface area contributed by atoms with Gasteiger partial charge in [-0.2, -0.15) is 0 Å². The molecule has 23 heavy (non-hydrogen) atoms. The third-order valence-electron chi connectivity index (χ3n) is 3.92. The molecule has 0 aromatic heterocycles. The fourth-order valence-electron chi connectivity index (χ4n) is 2.74. The molecule has 0 radical (unpaired) electrons. The second-order valence-corrected chi connectivity index (χ2v) is 5.64. The fourth-order valence-corrected chi connectivity index (χ4v) is 2.74. The van der Waals surface area contributed by atoms with Crippen LogP contribution in [0.5, 0.6) is 5.75 Å². The molecule has 0 unspecified atom stereocenters. The molecule has 0 saturated heterocycles. The molecule has 1 N–H and O–H groups in total. The molecular weight excluding hydrogens is 295 g/mol. The van der Waals surface area contributed by atoms with Crippen LogP contribution in [0.25, 0.3) is 0 Å². The quantitative estimate of drug-likeness (QED) is 0.942. The highest BCUT2D eigenvalue weighted by Gasteiger charge is 2.14. The summed E-state index contributed by atoms with van der Waals surface area (Å²) in [6.45, 7) is 0.786. The van der Waals surface area contributed by atoms with E-state index in [1.54, 1.807) is 12.1 Å². The van der Waals surface area contributed by atoms with Gasteiger partial charge in [0.05, 0.1) is 0 Å². The maximum absolute atomic E-state index is 13.4. The summed E-state index contributed by atoms with van der Waals surface area (Å²) in [6, 6.07) is 11.9. The molecule has 1 heterocycles. The average molecular weight is 314 g/mol. The standard InChI is InChI=1S/C18H19FN2O2/c1-21-10-4-5-13-8-9-14(11-16(13)21)20-18(22)12-23-17-7-3-2-6-15(17)19/h2-3,6-9,11H,4-5,10,12H2,1H3,(H,20,22). The zero-order valence-electron chi connectivity index (χ0n) is 13.0. The van der Waals surface area contributed by atoms with Crippen molar-refractivity contribution < 1.29 is 13.9 Å². The van der Waals surface area contributed by atoms with Gasteiger partial charge in [0.1, 0.15) is 0 Å². The van der Waals surface area contributed by atoms with E-state index in [1.807, 2.05) is 25.2 Å². The van der Waals surface area contributed by atoms with Crippen molar-refractivity contribution in [2.75, 3.05) is 30.4 Å². The summed E-state index contributed by atoms with van der Waals surface area (Å²) in [5.74, 6) is -0.713. The summed E-state index contributed by atoms with van der Waals surface area (Å²) in [6.07, 6.45) is 2.20. The second-order valence-electron chi connectivity index (χ2n) is 5.64. The monoisotopic (exact) mass is 314 g/mol. The van der Waals surface area contributed by atoms with Gasteiger partial charge >= 0.3 is 0 Å². The number of hydrogen-bond acceptors (Lipinski definition) is 3. The van der Waals surface area contributed by atoms with Crippen molar-refractivity contribution in [3.05, 3.63) is 53.8 Å². The number of hydrogen-bond donors (Lipinski definition) is 1. The number of fused-ring (bicyclic) bond motifs is 1. The maximum Gasteiger partial charge on any atom is 0.262 e. The Morgan fingerprint density at radius 3 is 2.96 bits per heavy atom. The van der Waals surface area contributed by atoms with Gasteiger partial charge in [-0.1, -0.05) is 18.2 Å². The Balaban J connectivity index is 1.62. The van der Waals surface area contributed by atoms with E-state index in [-0.39, 0.29) is 18.3 Å². The molecule has 1 aliphatic rings. The highest BCUT2D eigenvalue weighted by molar-refractivity contribution is 5.92. The first-order valence-electron chi connectivity index (χ1n) is 7.65. The Morgan fingerprint density at radius 2 is 2.13 bits per heavy atom. The number of benzene rings is 2. The van der Waals surface area contributed by atoms with E-state index in [0.29, 0.717) is 0 Å². The lowest BCUT2D eigenvalue weighted by atomic mass is 10.0. The largest absolute Gasteiger partial charge is 0.481 e. The second kappa shape index (κ2) is 6.69. The van der Waals surface area contributed by atoms with Crippen molar-refractivity contribution in [3.8, 4) is 5.75 Å². The number of carbonyl (C=O) groups is 1. The van der Waals surface area contributed by atoms with Crippen LogP contribution in [0.3, 0.4) is 0 Å². The number of nitrogens with one attached hydrogen (secondary N) is 1. The topological polar surface area (TPSA) is 41.6 Å². The zero-order chi connectivity index (χ0) is 16.2. The number of para-hydroxylation sites is 1. The SMILES string of the molecule is CN1CCCc2ccc(NC(=O)COc3ccccc3F)cc21. The normalized spacial score (nSPS) is 13.4. The van der Waals surface area contributed by atoms with E-state index in [9.17, 15) is 9.18 Å². The van der Waals surface area contributed by atoms with Gasteiger partial charge in [0.25, 0.3) is 5.91 Å². The van der Waals surface area contributed by atoms with Crippen molar-refractivity contribution >= 4 is 17.3 Å². The van der Waals surface area contributed by atoms with E-state index in [1.165, 1.54) is 17.7 Å². The number of anilines is 2. The molecule has 4 nitrogen and oxygen atoms in total. The van der Waals surface area contributed by atoms with Crippen molar-refractivity contribution in [2.24, 2.45) is 0 Å². The zero-order valence-corrected chi connectivity index (χ0v) is 13.0. The summed E-state index contributed by atoms with van der Waals surface area (Å²) >= 11 is 0. The molecule has 0 atom stereocenters. The van der Waals surface area contributed by atoms with Crippen molar-refractivity contribution in [1.29, 1.82) is 0 Å². The smallest absolute Gasteiger partial charge is 0.262 e. The first-order valence-corrected chi connectivity index (χ1v) is 7.65. The summed E-state index contributed by atoms with van der Waals surface area (Å²) in [5, 5.41) is 2.79. The summed E-state index contributed by atoms with van der Waals surface area (Å²) in [5.41, 5.74) is 3.16. The number of carbonyl (C=O) groups excluding carboxylic acids is 1. The van der Waals surface area contributed by atoms with Crippen LogP contribution < -0.4 is 15.0 Å². The van der Waals surface area contributed by atoms with Crippen LogP contribution in [0.15, 0.2) is 42.5 Å². The minimum absolute atomic E-state index is 0.0767. The molecule has 0 spiro atoms. The number of nitrogens with zero attached hydrogens (tertiary/aromatic N) is 1. The Labute approximate surface area is 134 Å². The number of ether oxygens (including phenoxy) is 1.